The summed E-state index contributed by atoms with van der Waals surface area (Å²) in [5.41, 5.74) is 1.80. The van der Waals surface area contributed by atoms with Crippen LogP contribution >= 0.6 is 0 Å². The van der Waals surface area contributed by atoms with Crippen LogP contribution in [0.3, 0.4) is 0 Å². The van der Waals surface area contributed by atoms with Crippen LogP contribution in [0.25, 0.3) is 22.2 Å². The molecule has 1 aliphatic heterocycles. The second kappa shape index (κ2) is 8.58. The fourth-order valence-electron chi connectivity index (χ4n) is 5.25. The van der Waals surface area contributed by atoms with Gasteiger partial charge in [-0.05, 0) is 42.8 Å². The first-order valence-corrected chi connectivity index (χ1v) is 11.0. The smallest absolute Gasteiger partial charge is 0.236 e. The van der Waals surface area contributed by atoms with E-state index >= 15 is 4.39 Å². The molecule has 2 aromatic heterocycles. The molecule has 8 heteroatoms. The van der Waals surface area contributed by atoms with Gasteiger partial charge in [-0.15, -0.1) is 0 Å². The van der Waals surface area contributed by atoms with Crippen LogP contribution in [-0.2, 0) is 10.4 Å². The Hall–Kier alpha value is -3.28. The van der Waals surface area contributed by atoms with Crippen molar-refractivity contribution in [3.8, 4) is 17.2 Å². The summed E-state index contributed by atoms with van der Waals surface area (Å²) in [5, 5.41) is 24.8. The van der Waals surface area contributed by atoms with Crippen LogP contribution in [-0.4, -0.2) is 52.6 Å². The number of benzene rings is 1. The van der Waals surface area contributed by atoms with E-state index in [0.717, 1.165) is 0 Å². The largest absolute Gasteiger partial charge is 0.384 e. The molecule has 33 heavy (non-hydrogen) atoms. The number of hydrogen-bond donors (Lipinski definition) is 3. The molecule has 1 fully saturated rings. The number of pyridine rings is 1. The summed E-state index contributed by atoms with van der Waals surface area (Å²) < 4.78 is 15.7. The predicted molar refractivity (Wildman–Crippen MR) is 124 cm³/mol. The fourth-order valence-corrected chi connectivity index (χ4v) is 5.25. The summed E-state index contributed by atoms with van der Waals surface area (Å²) in [4.78, 5) is 21.4. The normalized spacial score (nSPS) is 23.0. The van der Waals surface area contributed by atoms with Gasteiger partial charge in [0.25, 0.3) is 0 Å². The molecule has 1 aliphatic rings. The Morgan fingerprint density at radius 1 is 1.39 bits per heavy atom. The van der Waals surface area contributed by atoms with Crippen molar-refractivity contribution >= 4 is 16.9 Å². The van der Waals surface area contributed by atoms with Gasteiger partial charge in [0.2, 0.25) is 5.91 Å². The molecule has 0 spiro atoms. The molecule has 0 unspecified atom stereocenters. The van der Waals surface area contributed by atoms with Crippen molar-refractivity contribution in [1.29, 1.82) is 5.26 Å². The number of likely N-dealkylation sites (N-methyl/N-ethyl adjacent to an activating group) is 1. The summed E-state index contributed by atoms with van der Waals surface area (Å²) >= 11 is 0. The Morgan fingerprint density at radius 2 is 2.09 bits per heavy atom. The summed E-state index contributed by atoms with van der Waals surface area (Å²) in [6.45, 7) is 6.42. The minimum absolute atomic E-state index is 0.0349. The van der Waals surface area contributed by atoms with Crippen LogP contribution in [0.2, 0.25) is 0 Å². The van der Waals surface area contributed by atoms with Crippen molar-refractivity contribution in [1.82, 2.24) is 20.2 Å². The number of nitrogens with zero attached hydrogens (tertiary/aromatic N) is 3. The average molecular weight is 450 g/mol. The number of rotatable bonds is 4. The second-order valence-electron chi connectivity index (χ2n) is 9.00. The number of carbonyl (C=O) groups is 1. The number of aliphatic hydroxyl groups is 1. The number of fused-ring (bicyclic) bond motifs is 1. The molecule has 1 amide bonds. The molecule has 3 aromatic rings. The van der Waals surface area contributed by atoms with Crippen molar-refractivity contribution in [2.75, 3.05) is 26.7 Å². The van der Waals surface area contributed by atoms with Gasteiger partial charge < -0.3 is 20.3 Å². The lowest BCUT2D eigenvalue weighted by Crippen LogP contribution is -2.57. The first kappa shape index (κ1) is 22.9. The Balaban J connectivity index is 1.77. The Bertz CT molecular complexity index is 1230. The lowest BCUT2D eigenvalue weighted by Gasteiger charge is -2.48. The fraction of sp³-hybridized carbons (Fsp3) is 0.400. The third-order valence-electron chi connectivity index (χ3n) is 6.86. The molecular formula is C25H28FN5O2. The number of nitrogens with one attached hydrogen (secondary N) is 2. The van der Waals surface area contributed by atoms with Gasteiger partial charge in [0, 0.05) is 48.3 Å². The minimum Gasteiger partial charge on any atom is -0.384 e. The number of piperidine rings is 1. The third-order valence-corrected chi connectivity index (χ3v) is 6.86. The summed E-state index contributed by atoms with van der Waals surface area (Å²) in [6, 6.07) is 7.17. The maximum absolute atomic E-state index is 15.7. The molecule has 3 atom stereocenters. The van der Waals surface area contributed by atoms with E-state index in [0.29, 0.717) is 46.4 Å². The molecule has 0 radical (unpaired) electrons. The number of aromatic nitrogens is 2. The molecule has 7 nitrogen and oxygen atoms in total. The highest BCUT2D eigenvalue weighted by Gasteiger charge is 2.48. The highest BCUT2D eigenvalue weighted by molar-refractivity contribution is 5.97. The number of likely N-dealkylation sites (tertiary alicyclic amines) is 1. The summed E-state index contributed by atoms with van der Waals surface area (Å²) in [7, 11) is 1.72. The van der Waals surface area contributed by atoms with Crippen LogP contribution in [0, 0.1) is 35.9 Å². The average Bonchev–Trinajstić information content (AvgIpc) is 3.20. The molecule has 0 aliphatic carbocycles. The second-order valence-corrected chi connectivity index (χ2v) is 9.00. The van der Waals surface area contributed by atoms with Crippen LogP contribution in [0.15, 0.2) is 30.6 Å². The van der Waals surface area contributed by atoms with Gasteiger partial charge in [-0.1, -0.05) is 19.9 Å². The Morgan fingerprint density at radius 3 is 2.70 bits per heavy atom. The number of nitriles is 1. The van der Waals surface area contributed by atoms with E-state index in [1.54, 1.807) is 37.3 Å². The molecule has 1 saturated heterocycles. The van der Waals surface area contributed by atoms with Crippen molar-refractivity contribution in [3.05, 3.63) is 53.1 Å². The van der Waals surface area contributed by atoms with Crippen molar-refractivity contribution in [3.63, 3.8) is 0 Å². The van der Waals surface area contributed by atoms with Gasteiger partial charge in [0.05, 0.1) is 12.1 Å². The number of halogens is 1. The van der Waals surface area contributed by atoms with E-state index in [-0.39, 0.29) is 29.9 Å². The number of aromatic amines is 1. The maximum Gasteiger partial charge on any atom is 0.236 e. The standard InChI is InChI=1S/C25H28FN5O2/c1-14-7-17(19-5-6-29-24-22(19)18(9-27)10-30-24)8-20(26)23(14)25(33)15(2)12-31(13-16(25)3)21(32)11-28-4/h5-8,10,15-16,28,33H,11-13H2,1-4H3,(H,29,30)/t15-,16+,25-. The van der Waals surface area contributed by atoms with Gasteiger partial charge >= 0.3 is 0 Å². The summed E-state index contributed by atoms with van der Waals surface area (Å²) in [5.74, 6) is -1.25. The van der Waals surface area contributed by atoms with Gasteiger partial charge in [-0.25, -0.2) is 9.37 Å². The van der Waals surface area contributed by atoms with Gasteiger partial charge in [-0.2, -0.15) is 5.26 Å². The van der Waals surface area contributed by atoms with E-state index < -0.39 is 11.4 Å². The number of amides is 1. The summed E-state index contributed by atoms with van der Waals surface area (Å²) in [6.07, 6.45) is 3.21. The lowest BCUT2D eigenvalue weighted by molar-refractivity contribution is -0.148. The van der Waals surface area contributed by atoms with Crippen LogP contribution in [0.1, 0.15) is 30.5 Å². The van der Waals surface area contributed by atoms with Crippen LogP contribution < -0.4 is 5.32 Å². The molecule has 1 aromatic carbocycles. The van der Waals surface area contributed by atoms with E-state index in [1.165, 1.54) is 6.07 Å². The zero-order valence-electron chi connectivity index (χ0n) is 19.2. The van der Waals surface area contributed by atoms with Crippen LogP contribution in [0.4, 0.5) is 4.39 Å². The van der Waals surface area contributed by atoms with E-state index in [9.17, 15) is 15.2 Å². The highest BCUT2D eigenvalue weighted by Crippen LogP contribution is 2.45. The number of carbonyl (C=O) groups excluding carboxylic acids is 1. The SMILES string of the molecule is CNCC(=O)N1C[C@@H](C)[C@](O)(c2c(C)cc(-c3ccnc4[nH]cc(C#N)c34)cc2F)[C@@H](C)C1. The van der Waals surface area contributed by atoms with E-state index in [4.69, 9.17) is 0 Å². The molecular weight excluding hydrogens is 421 g/mol. The topological polar surface area (TPSA) is 105 Å². The zero-order chi connectivity index (χ0) is 23.9. The first-order chi connectivity index (χ1) is 15.7. The molecule has 3 N–H and O–H groups in total. The van der Waals surface area contributed by atoms with Crippen molar-refractivity contribution < 1.29 is 14.3 Å². The maximum atomic E-state index is 15.7. The highest BCUT2D eigenvalue weighted by atomic mass is 19.1. The number of H-pyrrole nitrogens is 1. The van der Waals surface area contributed by atoms with Crippen molar-refractivity contribution in [2.24, 2.45) is 11.8 Å². The third kappa shape index (κ3) is 3.67. The van der Waals surface area contributed by atoms with Gasteiger partial charge in [0.1, 0.15) is 23.1 Å². The van der Waals surface area contributed by atoms with Gasteiger partial charge in [-0.3, -0.25) is 4.79 Å². The monoisotopic (exact) mass is 449 g/mol. The van der Waals surface area contributed by atoms with Crippen LogP contribution in [0.5, 0.6) is 0 Å². The minimum atomic E-state index is -1.41. The quantitative estimate of drug-likeness (QED) is 0.568. The molecule has 172 valence electrons. The van der Waals surface area contributed by atoms with Crippen molar-refractivity contribution in [2.45, 2.75) is 26.4 Å². The number of hydrogen-bond acceptors (Lipinski definition) is 5. The Labute approximate surface area is 192 Å². The molecule has 4 rings (SSSR count). The molecule has 3 heterocycles. The molecule has 0 bridgehead atoms. The number of aryl methyl sites for hydroxylation is 1. The lowest BCUT2D eigenvalue weighted by atomic mass is 9.69. The Kier molecular flexibility index (Phi) is 5.95. The van der Waals surface area contributed by atoms with Gasteiger partial charge in [0.15, 0.2) is 0 Å². The van der Waals surface area contributed by atoms with E-state index in [2.05, 4.69) is 21.4 Å². The molecule has 0 saturated carbocycles. The first-order valence-electron chi connectivity index (χ1n) is 11.0. The van der Waals surface area contributed by atoms with E-state index in [1.807, 2.05) is 19.9 Å². The zero-order valence-corrected chi connectivity index (χ0v) is 19.2. The predicted octanol–water partition coefficient (Wildman–Crippen LogP) is 3.07.